The van der Waals surface area contributed by atoms with Gasteiger partial charge in [-0.1, -0.05) is 59.9 Å². The highest BCUT2D eigenvalue weighted by Crippen LogP contribution is 2.42. The standard InChI is InChI=1S/C32H36N8O6S2/c1-3-43-29(41)27-25-19-11-5-7-13-21(19)45-17-18-46-22-14-8-6-12-20(22)26-28(30(42)44-4-2)48-32-36-34-24(40(32)38-26)16-10-9-15-23-33-35-31(47-27)39(23)37-25/h5-8,11-14,25-28,37-38H,3-4,9-10,15-18H2,1-2H3. The number of ether oxygens (including phenoxy) is 4. The Morgan fingerprint density at radius 2 is 1.17 bits per heavy atom. The van der Waals surface area contributed by atoms with Gasteiger partial charge in [0.15, 0.2) is 11.6 Å². The van der Waals surface area contributed by atoms with Gasteiger partial charge in [0.1, 0.15) is 35.2 Å². The van der Waals surface area contributed by atoms with E-state index < -0.39 is 22.6 Å². The molecule has 3 aliphatic heterocycles. The van der Waals surface area contributed by atoms with E-state index in [9.17, 15) is 9.59 Å². The summed E-state index contributed by atoms with van der Waals surface area (Å²) in [5, 5.41) is 17.7. The summed E-state index contributed by atoms with van der Waals surface area (Å²) in [6, 6.07) is 14.3. The zero-order valence-electron chi connectivity index (χ0n) is 26.5. The van der Waals surface area contributed by atoms with E-state index in [0.29, 0.717) is 34.7 Å². The van der Waals surface area contributed by atoms with Gasteiger partial charge in [-0.25, -0.2) is 9.35 Å². The molecule has 2 N–H and O–H groups in total. The van der Waals surface area contributed by atoms with Gasteiger partial charge < -0.3 is 29.8 Å². The SMILES string of the molecule is CCOC(=O)C1Sc2nnc3n2NC1c1ccccc1OCCOc1ccccc1C1Nn2c(nnc2SC1C(=O)OCC)CCCC3. The van der Waals surface area contributed by atoms with Crippen LogP contribution in [0.5, 0.6) is 11.5 Å². The van der Waals surface area contributed by atoms with Crippen molar-refractivity contribution in [2.75, 3.05) is 37.3 Å². The number of nitrogens with one attached hydrogen (secondary N) is 2. The lowest BCUT2D eigenvalue weighted by molar-refractivity contribution is -0.143. The van der Waals surface area contributed by atoms with Crippen LogP contribution in [0, 0.1) is 0 Å². The first kappa shape index (κ1) is 32.1. The number of carbonyl (C=O) groups excluding carboxylic acids is 2. The van der Waals surface area contributed by atoms with E-state index in [2.05, 4.69) is 31.2 Å². The van der Waals surface area contributed by atoms with Crippen molar-refractivity contribution in [3.05, 3.63) is 71.3 Å². The Kier molecular flexibility index (Phi) is 9.61. The molecule has 4 aromatic rings. The first-order valence-electron chi connectivity index (χ1n) is 16.1. The molecule has 2 aromatic heterocycles. The zero-order valence-corrected chi connectivity index (χ0v) is 28.2. The number of fused-ring (bicyclic) bond motifs is 6. The van der Waals surface area contributed by atoms with Gasteiger partial charge in [-0.3, -0.25) is 9.59 Å². The molecule has 0 saturated carbocycles. The van der Waals surface area contributed by atoms with Crippen LogP contribution < -0.4 is 20.3 Å². The minimum Gasteiger partial charge on any atom is -0.490 e. The van der Waals surface area contributed by atoms with Crippen LogP contribution in [-0.2, 0) is 31.9 Å². The van der Waals surface area contributed by atoms with E-state index in [-0.39, 0.29) is 38.4 Å². The number of aromatic nitrogens is 6. The van der Waals surface area contributed by atoms with Gasteiger partial charge in [0.2, 0.25) is 10.3 Å². The van der Waals surface area contributed by atoms with Crippen molar-refractivity contribution in [2.45, 2.75) is 72.4 Å². The van der Waals surface area contributed by atoms with Crippen LogP contribution >= 0.6 is 23.5 Å². The third kappa shape index (κ3) is 6.38. The van der Waals surface area contributed by atoms with Crippen molar-refractivity contribution in [1.29, 1.82) is 0 Å². The van der Waals surface area contributed by atoms with Crippen molar-refractivity contribution in [2.24, 2.45) is 0 Å². The van der Waals surface area contributed by atoms with Gasteiger partial charge >= 0.3 is 11.9 Å². The quantitative estimate of drug-likeness (QED) is 0.297. The Bertz CT molecular complexity index is 1650. The molecule has 14 nitrogen and oxygen atoms in total. The maximum atomic E-state index is 13.2. The summed E-state index contributed by atoms with van der Waals surface area (Å²) < 4.78 is 27.3. The number of thioether (sulfide) groups is 2. The molecular weight excluding hydrogens is 657 g/mol. The summed E-state index contributed by atoms with van der Waals surface area (Å²) in [5.41, 5.74) is 8.63. The Labute approximate surface area is 285 Å². The van der Waals surface area contributed by atoms with Crippen LogP contribution in [0.15, 0.2) is 58.8 Å². The lowest BCUT2D eigenvalue weighted by Crippen LogP contribution is -2.40. The van der Waals surface area contributed by atoms with Gasteiger partial charge in [-0.05, 0) is 38.8 Å². The van der Waals surface area contributed by atoms with Crippen molar-refractivity contribution >= 4 is 35.5 Å². The highest BCUT2D eigenvalue weighted by molar-refractivity contribution is 8.00. The Hall–Kier alpha value is -4.44. The first-order valence-corrected chi connectivity index (χ1v) is 17.8. The maximum absolute atomic E-state index is 13.2. The summed E-state index contributed by atoms with van der Waals surface area (Å²) in [4.78, 5) is 26.4. The number of rotatable bonds is 4. The smallest absolute Gasteiger partial charge is 0.322 e. The monoisotopic (exact) mass is 692 g/mol. The minimum atomic E-state index is -0.610. The molecule has 0 fully saturated rings. The van der Waals surface area contributed by atoms with Gasteiger partial charge in [-0.2, -0.15) is 0 Å². The largest absolute Gasteiger partial charge is 0.490 e. The average Bonchev–Trinajstić information content (AvgIpc) is 3.70. The Morgan fingerprint density at radius 3 is 1.60 bits per heavy atom. The second kappa shape index (κ2) is 14.4. The minimum absolute atomic E-state index is 0.228. The average molecular weight is 693 g/mol. The van der Waals surface area contributed by atoms with E-state index in [1.165, 1.54) is 23.5 Å². The molecule has 0 amide bonds. The molecule has 48 heavy (non-hydrogen) atoms. The fourth-order valence-corrected chi connectivity index (χ4v) is 8.18. The lowest BCUT2D eigenvalue weighted by Gasteiger charge is -2.33. The van der Waals surface area contributed by atoms with Gasteiger partial charge in [-0.15, -0.1) is 20.4 Å². The maximum Gasteiger partial charge on any atom is 0.322 e. The van der Waals surface area contributed by atoms with Gasteiger partial charge in [0.05, 0.1) is 25.3 Å². The number of aryl methyl sites for hydroxylation is 2. The molecule has 7 rings (SSSR count). The molecule has 3 aliphatic rings. The Morgan fingerprint density at radius 1 is 0.729 bits per heavy atom. The summed E-state index contributed by atoms with van der Waals surface area (Å²) in [7, 11) is 0. The van der Waals surface area contributed by atoms with E-state index >= 15 is 0 Å². The highest BCUT2D eigenvalue weighted by atomic mass is 32.2. The van der Waals surface area contributed by atoms with Crippen LogP contribution in [-0.4, -0.2) is 78.6 Å². The lowest BCUT2D eigenvalue weighted by atomic mass is 10.0. The number of nitrogens with zero attached hydrogens (tertiary/aromatic N) is 6. The predicted molar refractivity (Wildman–Crippen MR) is 177 cm³/mol. The topological polar surface area (TPSA) is 157 Å². The summed E-state index contributed by atoms with van der Waals surface area (Å²) >= 11 is 2.66. The molecule has 16 heteroatoms. The first-order chi connectivity index (χ1) is 23.6. The fourth-order valence-electron chi connectivity index (χ4n) is 6.00. The summed E-state index contributed by atoms with van der Waals surface area (Å²) in [5.74, 6) is 2.08. The van der Waals surface area contributed by atoms with Crippen molar-refractivity contribution in [3.8, 4) is 11.5 Å². The fraction of sp³-hybridized carbons (Fsp3) is 0.438. The molecular formula is C32H36N8O6S2. The molecule has 4 unspecified atom stereocenters. The van der Waals surface area contributed by atoms with Crippen LogP contribution in [0.1, 0.15) is 61.5 Å². The number of carbonyl (C=O) groups is 2. The number of hydrogen-bond donors (Lipinski definition) is 2. The van der Waals surface area contributed by atoms with Crippen molar-refractivity contribution in [1.82, 2.24) is 29.7 Å². The number of para-hydroxylation sites is 2. The molecule has 0 aliphatic carbocycles. The third-order valence-corrected chi connectivity index (χ3v) is 10.6. The van der Waals surface area contributed by atoms with Crippen LogP contribution in [0.2, 0.25) is 0 Å². The van der Waals surface area contributed by atoms with Gasteiger partial charge in [0.25, 0.3) is 0 Å². The number of esters is 2. The summed E-state index contributed by atoms with van der Waals surface area (Å²) in [6.45, 7) is 4.58. The van der Waals surface area contributed by atoms with E-state index in [1.807, 2.05) is 57.9 Å². The normalized spacial score (nSPS) is 21.9. The predicted octanol–water partition coefficient (Wildman–Crippen LogP) is 3.85. The van der Waals surface area contributed by atoms with E-state index in [4.69, 9.17) is 18.9 Å². The van der Waals surface area contributed by atoms with Crippen LogP contribution in [0.25, 0.3) is 0 Å². The highest BCUT2D eigenvalue weighted by Gasteiger charge is 2.41. The second-order valence-corrected chi connectivity index (χ2v) is 13.5. The Balaban J connectivity index is 1.23. The van der Waals surface area contributed by atoms with E-state index in [1.54, 1.807) is 13.8 Å². The number of benzene rings is 2. The van der Waals surface area contributed by atoms with Gasteiger partial charge in [0, 0.05) is 24.0 Å². The van der Waals surface area contributed by atoms with Crippen LogP contribution in [0.3, 0.4) is 0 Å². The molecule has 4 bridgehead atoms. The zero-order chi connectivity index (χ0) is 33.0. The molecule has 0 radical (unpaired) electrons. The molecule has 4 atom stereocenters. The molecule has 252 valence electrons. The second-order valence-electron chi connectivity index (χ2n) is 11.2. The molecule has 0 spiro atoms. The summed E-state index contributed by atoms with van der Waals surface area (Å²) in [6.07, 6.45) is 2.90. The van der Waals surface area contributed by atoms with Crippen molar-refractivity contribution < 1.29 is 28.5 Å². The van der Waals surface area contributed by atoms with Crippen molar-refractivity contribution in [3.63, 3.8) is 0 Å². The van der Waals surface area contributed by atoms with Crippen LogP contribution in [0.4, 0.5) is 0 Å². The number of hydrogen-bond acceptors (Lipinski definition) is 14. The molecule has 2 aromatic carbocycles. The molecule has 5 heterocycles. The molecule has 0 saturated heterocycles. The van der Waals surface area contributed by atoms with E-state index in [0.717, 1.165) is 35.6 Å². The third-order valence-electron chi connectivity index (χ3n) is 8.20.